The van der Waals surface area contributed by atoms with Gasteiger partial charge < -0.3 is 20.9 Å². The van der Waals surface area contributed by atoms with Crippen LogP contribution in [0.15, 0.2) is 23.4 Å². The average molecular weight is 263 g/mol. The van der Waals surface area contributed by atoms with E-state index in [0.717, 1.165) is 42.7 Å². The summed E-state index contributed by atoms with van der Waals surface area (Å²) < 4.78 is 0. The maximum absolute atomic E-state index is 9.31. The molecule has 0 saturated carbocycles. The largest absolute Gasteiger partial charge is 0.409 e. The summed E-state index contributed by atoms with van der Waals surface area (Å²) >= 11 is 0. The van der Waals surface area contributed by atoms with Gasteiger partial charge in [0.1, 0.15) is 0 Å². The lowest BCUT2D eigenvalue weighted by Crippen LogP contribution is -2.38. The fraction of sp³-hybridized carbons (Fsp3) is 0.500. The molecule has 5 heteroatoms. The van der Waals surface area contributed by atoms with Gasteiger partial charge in [-0.15, -0.1) is 0 Å². The number of benzene rings is 1. The zero-order valence-corrected chi connectivity index (χ0v) is 11.2. The predicted molar refractivity (Wildman–Crippen MR) is 75.7 cm³/mol. The molecule has 1 saturated heterocycles. The van der Waals surface area contributed by atoms with Gasteiger partial charge in [-0.05, 0) is 37.8 Å². The maximum Gasteiger partial charge on any atom is 0.172 e. The van der Waals surface area contributed by atoms with Gasteiger partial charge in [0.15, 0.2) is 5.84 Å². The summed E-state index contributed by atoms with van der Waals surface area (Å²) in [5.41, 5.74) is 8.55. The number of nitrogens with zero attached hydrogens (tertiary/aromatic N) is 2. The van der Waals surface area contributed by atoms with E-state index in [0.29, 0.717) is 5.92 Å². The van der Waals surface area contributed by atoms with Gasteiger partial charge in [-0.2, -0.15) is 0 Å². The number of hydrogen-bond donors (Lipinski definition) is 3. The summed E-state index contributed by atoms with van der Waals surface area (Å²) in [5, 5.41) is 21.3. The Labute approximate surface area is 113 Å². The SMILES string of the molecule is Cc1ccc(N2CCCC(CO)C2)c(/C(N)=N/O)c1. The molecule has 104 valence electrons. The van der Waals surface area contributed by atoms with Crippen LogP contribution in [0.25, 0.3) is 0 Å². The van der Waals surface area contributed by atoms with Crippen LogP contribution in [0.3, 0.4) is 0 Å². The molecule has 1 aliphatic heterocycles. The molecule has 4 N–H and O–H groups in total. The molecule has 1 unspecified atom stereocenters. The van der Waals surface area contributed by atoms with Crippen molar-refractivity contribution in [3.63, 3.8) is 0 Å². The highest BCUT2D eigenvalue weighted by Crippen LogP contribution is 2.27. The number of anilines is 1. The fourth-order valence-corrected chi connectivity index (χ4v) is 2.62. The van der Waals surface area contributed by atoms with Gasteiger partial charge in [-0.3, -0.25) is 0 Å². The van der Waals surface area contributed by atoms with E-state index in [1.165, 1.54) is 0 Å². The second-order valence-electron chi connectivity index (χ2n) is 5.14. The molecule has 0 aliphatic carbocycles. The Hall–Kier alpha value is -1.75. The summed E-state index contributed by atoms with van der Waals surface area (Å²) in [5.74, 6) is 0.431. The molecule has 0 radical (unpaired) electrons. The van der Waals surface area contributed by atoms with Crippen LogP contribution < -0.4 is 10.6 Å². The lowest BCUT2D eigenvalue weighted by atomic mass is 9.97. The van der Waals surface area contributed by atoms with E-state index in [-0.39, 0.29) is 12.4 Å². The third-order valence-electron chi connectivity index (χ3n) is 3.65. The van der Waals surface area contributed by atoms with Gasteiger partial charge in [0, 0.05) is 30.9 Å². The molecule has 1 aromatic carbocycles. The van der Waals surface area contributed by atoms with E-state index >= 15 is 0 Å². The van der Waals surface area contributed by atoms with E-state index in [9.17, 15) is 5.11 Å². The standard InChI is InChI=1S/C14H21N3O2/c1-10-4-5-13(12(7-10)14(15)16-19)17-6-2-3-11(8-17)9-18/h4-5,7,11,18-19H,2-3,6,8-9H2,1H3,(H2,15,16). The third-order valence-corrected chi connectivity index (χ3v) is 3.65. The minimum Gasteiger partial charge on any atom is -0.409 e. The Bertz CT molecular complexity index is 474. The molecule has 1 atom stereocenters. The van der Waals surface area contributed by atoms with Crippen LogP contribution in [0.4, 0.5) is 5.69 Å². The molecule has 1 heterocycles. The fourth-order valence-electron chi connectivity index (χ4n) is 2.62. The number of aliphatic hydroxyl groups excluding tert-OH is 1. The van der Waals surface area contributed by atoms with E-state index in [2.05, 4.69) is 10.1 Å². The Morgan fingerprint density at radius 3 is 3.00 bits per heavy atom. The molecule has 2 rings (SSSR count). The van der Waals surface area contributed by atoms with Crippen molar-refractivity contribution < 1.29 is 10.3 Å². The summed E-state index contributed by atoms with van der Waals surface area (Å²) in [6.45, 7) is 3.93. The lowest BCUT2D eigenvalue weighted by Gasteiger charge is -2.34. The molecule has 5 nitrogen and oxygen atoms in total. The first-order valence-corrected chi connectivity index (χ1v) is 6.60. The van der Waals surface area contributed by atoms with E-state index in [4.69, 9.17) is 10.9 Å². The molecule has 1 aromatic rings. The molecule has 0 bridgehead atoms. The van der Waals surface area contributed by atoms with E-state index in [1.54, 1.807) is 0 Å². The van der Waals surface area contributed by atoms with Crippen molar-refractivity contribution in [2.24, 2.45) is 16.8 Å². The highest BCUT2D eigenvalue weighted by atomic mass is 16.4. The topological polar surface area (TPSA) is 82.1 Å². The number of oxime groups is 1. The normalized spacial score (nSPS) is 20.6. The third kappa shape index (κ3) is 2.98. The van der Waals surface area contributed by atoms with Crippen LogP contribution >= 0.6 is 0 Å². The smallest absolute Gasteiger partial charge is 0.172 e. The van der Waals surface area contributed by atoms with Crippen LogP contribution in [0, 0.1) is 12.8 Å². The number of aryl methyl sites for hydroxylation is 1. The van der Waals surface area contributed by atoms with Crippen LogP contribution in [-0.4, -0.2) is 35.8 Å². The van der Waals surface area contributed by atoms with Gasteiger partial charge in [0.05, 0.1) is 0 Å². The van der Waals surface area contributed by atoms with Crippen molar-refractivity contribution >= 4 is 11.5 Å². The van der Waals surface area contributed by atoms with Gasteiger partial charge in [-0.1, -0.05) is 16.8 Å². The molecule has 1 aliphatic rings. The zero-order chi connectivity index (χ0) is 13.8. The second kappa shape index (κ2) is 5.93. The quantitative estimate of drug-likeness (QED) is 0.332. The van der Waals surface area contributed by atoms with Crippen LogP contribution in [0.2, 0.25) is 0 Å². The Morgan fingerprint density at radius 2 is 2.32 bits per heavy atom. The minimum absolute atomic E-state index is 0.129. The van der Waals surface area contributed by atoms with Crippen LogP contribution in [-0.2, 0) is 0 Å². The molecule has 0 amide bonds. The number of aliphatic hydroxyl groups is 1. The number of amidine groups is 1. The van der Waals surface area contributed by atoms with Crippen LogP contribution in [0.5, 0.6) is 0 Å². The van der Waals surface area contributed by atoms with Crippen molar-refractivity contribution in [3.05, 3.63) is 29.3 Å². The van der Waals surface area contributed by atoms with Gasteiger partial charge >= 0.3 is 0 Å². The molecular formula is C14H21N3O2. The first-order valence-electron chi connectivity index (χ1n) is 6.60. The van der Waals surface area contributed by atoms with Gasteiger partial charge in [-0.25, -0.2) is 0 Å². The van der Waals surface area contributed by atoms with Gasteiger partial charge in [0.2, 0.25) is 0 Å². The van der Waals surface area contributed by atoms with Gasteiger partial charge in [0.25, 0.3) is 0 Å². The van der Waals surface area contributed by atoms with Crippen LogP contribution in [0.1, 0.15) is 24.0 Å². The van der Waals surface area contributed by atoms with Crippen molar-refractivity contribution in [1.82, 2.24) is 0 Å². The first-order chi connectivity index (χ1) is 9.15. The summed E-state index contributed by atoms with van der Waals surface area (Å²) in [4.78, 5) is 2.21. The Balaban J connectivity index is 2.33. The Kier molecular flexibility index (Phi) is 4.27. The summed E-state index contributed by atoms with van der Waals surface area (Å²) in [6, 6.07) is 5.95. The molecular weight excluding hydrogens is 242 g/mol. The van der Waals surface area contributed by atoms with E-state index < -0.39 is 0 Å². The van der Waals surface area contributed by atoms with Crippen molar-refractivity contribution in [3.8, 4) is 0 Å². The first kappa shape index (κ1) is 13.7. The highest BCUT2D eigenvalue weighted by molar-refractivity contribution is 6.02. The maximum atomic E-state index is 9.31. The minimum atomic E-state index is 0.129. The number of rotatable bonds is 3. The predicted octanol–water partition coefficient (Wildman–Crippen LogP) is 1.30. The monoisotopic (exact) mass is 263 g/mol. The number of hydrogen-bond acceptors (Lipinski definition) is 4. The zero-order valence-electron chi connectivity index (χ0n) is 11.2. The molecule has 0 aromatic heterocycles. The van der Waals surface area contributed by atoms with Crippen molar-refractivity contribution in [2.75, 3.05) is 24.6 Å². The molecule has 1 fully saturated rings. The van der Waals surface area contributed by atoms with Crippen molar-refractivity contribution in [2.45, 2.75) is 19.8 Å². The highest BCUT2D eigenvalue weighted by Gasteiger charge is 2.22. The van der Waals surface area contributed by atoms with E-state index in [1.807, 2.05) is 25.1 Å². The molecule has 0 spiro atoms. The lowest BCUT2D eigenvalue weighted by molar-refractivity contribution is 0.208. The second-order valence-corrected chi connectivity index (χ2v) is 5.14. The summed E-state index contributed by atoms with van der Waals surface area (Å²) in [6.07, 6.45) is 2.10. The Morgan fingerprint density at radius 1 is 1.53 bits per heavy atom. The number of piperidine rings is 1. The summed E-state index contributed by atoms with van der Waals surface area (Å²) in [7, 11) is 0. The number of nitrogens with two attached hydrogens (primary N) is 1. The van der Waals surface area contributed by atoms with Crippen molar-refractivity contribution in [1.29, 1.82) is 0 Å². The average Bonchev–Trinajstić information content (AvgIpc) is 2.46. The molecule has 19 heavy (non-hydrogen) atoms.